The van der Waals surface area contributed by atoms with E-state index in [1.54, 1.807) is 6.07 Å². The van der Waals surface area contributed by atoms with Crippen LogP contribution in [0, 0.1) is 11.8 Å². The second kappa shape index (κ2) is 7.61. The van der Waals surface area contributed by atoms with Crippen LogP contribution in [0.5, 0.6) is 0 Å². The summed E-state index contributed by atoms with van der Waals surface area (Å²) in [4.78, 5) is 53.9. The molecule has 8 heteroatoms. The number of imide groups is 1. The van der Waals surface area contributed by atoms with Gasteiger partial charge in [-0.25, -0.2) is 4.90 Å². The first-order valence-corrected chi connectivity index (χ1v) is 11.4. The Labute approximate surface area is 201 Å². The summed E-state index contributed by atoms with van der Waals surface area (Å²) in [5.41, 5.74) is 6.91. The number of anilines is 2. The third-order valence-electron chi connectivity index (χ3n) is 7.33. The number of primary amides is 1. The molecular weight excluding hydrogens is 444 g/mol. The van der Waals surface area contributed by atoms with Gasteiger partial charge in [-0.05, 0) is 42.3 Å². The van der Waals surface area contributed by atoms with Crippen molar-refractivity contribution in [2.75, 3.05) is 10.2 Å². The quantitative estimate of drug-likeness (QED) is 0.508. The zero-order chi connectivity index (χ0) is 24.3. The molecule has 3 aliphatic rings. The molecule has 0 unspecified atom stereocenters. The van der Waals surface area contributed by atoms with Crippen LogP contribution in [-0.4, -0.2) is 29.7 Å². The molecule has 174 valence electrons. The number of hydrogen-bond acceptors (Lipinski definition) is 5. The van der Waals surface area contributed by atoms with Crippen LogP contribution in [0.1, 0.15) is 21.5 Å². The van der Waals surface area contributed by atoms with Crippen molar-refractivity contribution in [3.63, 3.8) is 0 Å². The van der Waals surface area contributed by atoms with Gasteiger partial charge in [0.1, 0.15) is 5.54 Å². The highest BCUT2D eigenvalue weighted by molar-refractivity contribution is 6.25. The lowest BCUT2D eigenvalue weighted by Crippen LogP contribution is -2.53. The number of rotatable bonds is 4. The van der Waals surface area contributed by atoms with Crippen molar-refractivity contribution >= 4 is 35.0 Å². The molecule has 0 aliphatic carbocycles. The Morgan fingerprint density at radius 3 is 2.29 bits per heavy atom. The minimum atomic E-state index is -1.35. The van der Waals surface area contributed by atoms with Gasteiger partial charge in [0.2, 0.25) is 23.6 Å². The maximum atomic E-state index is 13.9. The molecule has 3 aliphatic heterocycles. The second-order valence-electron chi connectivity index (χ2n) is 9.17. The number of nitrogens with two attached hydrogens (primary N) is 1. The van der Waals surface area contributed by atoms with E-state index >= 15 is 0 Å². The van der Waals surface area contributed by atoms with Crippen molar-refractivity contribution in [3.8, 4) is 0 Å². The Morgan fingerprint density at radius 1 is 0.886 bits per heavy atom. The molecule has 8 nitrogen and oxygen atoms in total. The monoisotopic (exact) mass is 466 g/mol. The van der Waals surface area contributed by atoms with Gasteiger partial charge in [0.05, 0.1) is 17.5 Å². The first-order chi connectivity index (χ1) is 16.9. The van der Waals surface area contributed by atoms with E-state index in [-0.39, 0.29) is 17.4 Å². The molecule has 1 spiro atoms. The Kier molecular flexibility index (Phi) is 4.62. The van der Waals surface area contributed by atoms with E-state index in [1.807, 2.05) is 48.5 Å². The summed E-state index contributed by atoms with van der Waals surface area (Å²) in [6, 6.07) is 22.5. The summed E-state index contributed by atoms with van der Waals surface area (Å²) in [6.45, 7) is 0. The molecule has 0 aromatic heterocycles. The van der Waals surface area contributed by atoms with E-state index in [9.17, 15) is 19.2 Å². The minimum absolute atomic E-state index is 0.275. The highest BCUT2D eigenvalue weighted by Gasteiger charge is 2.70. The SMILES string of the molecule is NC(=O)c1ccc(N2C(=O)[C@@H]3[C@H](Cc4ccccc4)N[C@]4(C(=O)Nc5ccccc54)[C@@H]3C2=O)cc1. The topological polar surface area (TPSA) is 122 Å². The number of carbonyl (C=O) groups is 4. The van der Waals surface area contributed by atoms with Gasteiger partial charge in [0.15, 0.2) is 0 Å². The van der Waals surface area contributed by atoms with Gasteiger partial charge in [-0.15, -0.1) is 0 Å². The van der Waals surface area contributed by atoms with Crippen molar-refractivity contribution in [2.45, 2.75) is 18.0 Å². The first kappa shape index (κ1) is 21.2. The molecule has 35 heavy (non-hydrogen) atoms. The highest BCUT2D eigenvalue weighted by Crippen LogP contribution is 2.53. The maximum absolute atomic E-state index is 13.9. The van der Waals surface area contributed by atoms with Gasteiger partial charge in [0, 0.05) is 22.9 Å². The summed E-state index contributed by atoms with van der Waals surface area (Å²) in [5.74, 6) is -3.40. The largest absolute Gasteiger partial charge is 0.366 e. The molecule has 3 aromatic carbocycles. The first-order valence-electron chi connectivity index (χ1n) is 11.4. The third-order valence-corrected chi connectivity index (χ3v) is 7.33. The van der Waals surface area contributed by atoms with Gasteiger partial charge in [0.25, 0.3) is 0 Å². The van der Waals surface area contributed by atoms with Crippen LogP contribution in [-0.2, 0) is 26.3 Å². The fraction of sp³-hybridized carbons (Fsp3) is 0.185. The van der Waals surface area contributed by atoms with Crippen molar-refractivity contribution in [2.24, 2.45) is 17.6 Å². The normalized spacial score (nSPS) is 26.7. The lowest BCUT2D eigenvalue weighted by molar-refractivity contribution is -0.130. The predicted molar refractivity (Wildman–Crippen MR) is 128 cm³/mol. The van der Waals surface area contributed by atoms with Crippen LogP contribution in [0.4, 0.5) is 11.4 Å². The molecule has 3 aromatic rings. The zero-order valence-electron chi connectivity index (χ0n) is 18.6. The van der Waals surface area contributed by atoms with E-state index in [0.717, 1.165) is 10.5 Å². The van der Waals surface area contributed by atoms with Gasteiger partial charge >= 0.3 is 0 Å². The van der Waals surface area contributed by atoms with Crippen molar-refractivity contribution in [1.29, 1.82) is 0 Å². The number of nitrogens with zero attached hydrogens (tertiary/aromatic N) is 1. The fourth-order valence-corrected chi connectivity index (χ4v) is 5.83. The fourth-order valence-electron chi connectivity index (χ4n) is 5.83. The van der Waals surface area contributed by atoms with Gasteiger partial charge in [-0.2, -0.15) is 0 Å². The third kappa shape index (κ3) is 2.96. The van der Waals surface area contributed by atoms with Gasteiger partial charge < -0.3 is 11.1 Å². The number of nitrogens with one attached hydrogen (secondary N) is 2. The second-order valence-corrected chi connectivity index (χ2v) is 9.17. The summed E-state index contributed by atoms with van der Waals surface area (Å²) < 4.78 is 0. The average molecular weight is 466 g/mol. The number of benzene rings is 3. The van der Waals surface area contributed by atoms with Crippen LogP contribution < -0.4 is 21.3 Å². The van der Waals surface area contributed by atoms with Crippen LogP contribution in [0.15, 0.2) is 78.9 Å². The zero-order valence-corrected chi connectivity index (χ0v) is 18.6. The van der Waals surface area contributed by atoms with Crippen LogP contribution in [0.25, 0.3) is 0 Å². The Morgan fingerprint density at radius 2 is 1.57 bits per heavy atom. The van der Waals surface area contributed by atoms with E-state index in [4.69, 9.17) is 5.73 Å². The Bertz CT molecular complexity index is 1390. The van der Waals surface area contributed by atoms with Gasteiger partial charge in [-0.3, -0.25) is 24.5 Å². The lowest BCUT2D eigenvalue weighted by Gasteiger charge is -2.29. The van der Waals surface area contributed by atoms with Crippen molar-refractivity contribution in [1.82, 2.24) is 5.32 Å². The van der Waals surface area contributed by atoms with Crippen molar-refractivity contribution < 1.29 is 19.2 Å². The molecule has 4 amide bonds. The number of hydrogen-bond donors (Lipinski definition) is 3. The van der Waals surface area contributed by atoms with Crippen LogP contribution in [0.3, 0.4) is 0 Å². The summed E-state index contributed by atoms with van der Waals surface area (Å²) >= 11 is 0. The molecule has 2 saturated heterocycles. The Hall–Kier alpha value is -4.30. The molecular formula is C27H22N4O4. The summed E-state index contributed by atoms with van der Waals surface area (Å²) in [5, 5.41) is 6.34. The number of para-hydroxylation sites is 1. The maximum Gasteiger partial charge on any atom is 0.250 e. The highest BCUT2D eigenvalue weighted by atomic mass is 16.2. The molecule has 6 rings (SSSR count). The number of amides is 4. The molecule has 0 saturated carbocycles. The average Bonchev–Trinajstić information content (AvgIpc) is 3.44. The van der Waals surface area contributed by atoms with E-state index in [1.165, 1.54) is 24.3 Å². The standard InChI is InChI=1S/C27H22N4O4/c28-23(32)16-10-12-17(13-11-16)31-24(33)21-20(14-15-6-2-1-3-7-15)30-27(22(21)25(31)34)18-8-4-5-9-19(18)29-26(27)35/h1-13,20-22,30H,14H2,(H2,28,32)(H,29,35)/t20-,21+,22-,27-/m0/s1. The summed E-state index contributed by atoms with van der Waals surface area (Å²) in [7, 11) is 0. The molecule has 0 radical (unpaired) electrons. The predicted octanol–water partition coefficient (Wildman–Crippen LogP) is 1.95. The van der Waals surface area contributed by atoms with E-state index in [2.05, 4.69) is 10.6 Å². The smallest absolute Gasteiger partial charge is 0.250 e. The minimum Gasteiger partial charge on any atom is -0.366 e. The molecule has 4 N–H and O–H groups in total. The molecule has 4 atom stereocenters. The molecule has 0 bridgehead atoms. The number of fused-ring (bicyclic) bond motifs is 4. The van der Waals surface area contributed by atoms with E-state index < -0.39 is 35.2 Å². The van der Waals surface area contributed by atoms with Crippen LogP contribution >= 0.6 is 0 Å². The number of carbonyl (C=O) groups excluding carboxylic acids is 4. The molecule has 2 fully saturated rings. The Balaban J connectivity index is 1.47. The van der Waals surface area contributed by atoms with Crippen molar-refractivity contribution in [3.05, 3.63) is 95.6 Å². The van der Waals surface area contributed by atoms with Gasteiger partial charge in [-0.1, -0.05) is 48.5 Å². The van der Waals surface area contributed by atoms with E-state index in [0.29, 0.717) is 23.4 Å². The van der Waals surface area contributed by atoms with Crippen LogP contribution in [0.2, 0.25) is 0 Å². The molecule has 3 heterocycles. The summed E-state index contributed by atoms with van der Waals surface area (Å²) in [6.07, 6.45) is 0.479. The lowest BCUT2D eigenvalue weighted by atomic mass is 9.76.